The minimum Gasteiger partial charge on any atom is -0.481 e. The van der Waals surface area contributed by atoms with Crippen LogP contribution in [0.15, 0.2) is 0 Å². The van der Waals surface area contributed by atoms with Crippen molar-refractivity contribution in [3.63, 3.8) is 0 Å². The van der Waals surface area contributed by atoms with Crippen molar-refractivity contribution in [1.82, 2.24) is 4.90 Å². The second kappa shape index (κ2) is 4.58. The smallest absolute Gasteiger partial charge is 0.310 e. The van der Waals surface area contributed by atoms with Crippen LogP contribution in [0.3, 0.4) is 0 Å². The van der Waals surface area contributed by atoms with Crippen LogP contribution in [0.25, 0.3) is 0 Å². The Morgan fingerprint density at radius 2 is 1.88 bits per heavy atom. The SMILES string of the molecule is CC1(C(=O)O)CCCN(CC2(O)CCCC2)C1. The second-order valence-corrected chi connectivity index (χ2v) is 6.11. The maximum absolute atomic E-state index is 11.2. The molecule has 1 heterocycles. The van der Waals surface area contributed by atoms with E-state index in [1.807, 2.05) is 6.92 Å². The lowest BCUT2D eigenvalue weighted by Gasteiger charge is -2.40. The molecule has 0 spiro atoms. The van der Waals surface area contributed by atoms with E-state index in [1.54, 1.807) is 0 Å². The third kappa shape index (κ3) is 2.80. The summed E-state index contributed by atoms with van der Waals surface area (Å²) in [5.41, 5.74) is -1.19. The monoisotopic (exact) mass is 241 g/mol. The predicted molar refractivity (Wildman–Crippen MR) is 64.8 cm³/mol. The number of nitrogens with zero attached hydrogens (tertiary/aromatic N) is 1. The summed E-state index contributed by atoms with van der Waals surface area (Å²) in [4.78, 5) is 13.4. The summed E-state index contributed by atoms with van der Waals surface area (Å²) in [5, 5.41) is 19.6. The van der Waals surface area contributed by atoms with E-state index in [0.29, 0.717) is 13.1 Å². The largest absolute Gasteiger partial charge is 0.481 e. The molecule has 2 aliphatic rings. The van der Waals surface area contributed by atoms with Gasteiger partial charge >= 0.3 is 5.97 Å². The normalized spacial score (nSPS) is 33.8. The summed E-state index contributed by atoms with van der Waals surface area (Å²) in [6.07, 6.45) is 5.60. The van der Waals surface area contributed by atoms with Gasteiger partial charge in [0, 0.05) is 13.1 Å². The van der Waals surface area contributed by atoms with Crippen LogP contribution in [0.1, 0.15) is 45.4 Å². The van der Waals surface area contributed by atoms with Crippen LogP contribution < -0.4 is 0 Å². The Labute approximate surface area is 103 Å². The molecular weight excluding hydrogens is 218 g/mol. The van der Waals surface area contributed by atoms with E-state index in [-0.39, 0.29) is 0 Å². The molecule has 17 heavy (non-hydrogen) atoms. The van der Waals surface area contributed by atoms with Gasteiger partial charge in [-0.2, -0.15) is 0 Å². The fourth-order valence-corrected chi connectivity index (χ4v) is 3.26. The van der Waals surface area contributed by atoms with Crippen molar-refractivity contribution in [2.24, 2.45) is 5.41 Å². The Morgan fingerprint density at radius 1 is 1.24 bits per heavy atom. The molecule has 1 saturated heterocycles. The molecule has 2 N–H and O–H groups in total. The number of carboxylic acids is 1. The molecule has 4 nitrogen and oxygen atoms in total. The quantitative estimate of drug-likeness (QED) is 0.785. The van der Waals surface area contributed by atoms with Crippen molar-refractivity contribution in [3.05, 3.63) is 0 Å². The summed E-state index contributed by atoms with van der Waals surface area (Å²) in [5.74, 6) is -0.708. The molecule has 2 rings (SSSR count). The molecule has 4 heteroatoms. The number of aliphatic hydroxyl groups is 1. The first kappa shape index (κ1) is 12.8. The molecule has 0 aromatic heterocycles. The highest BCUT2D eigenvalue weighted by Gasteiger charge is 2.41. The summed E-state index contributed by atoms with van der Waals surface area (Å²) in [6, 6.07) is 0. The zero-order chi connectivity index (χ0) is 12.5. The minimum atomic E-state index is -0.708. The number of carbonyl (C=O) groups is 1. The zero-order valence-electron chi connectivity index (χ0n) is 10.6. The van der Waals surface area contributed by atoms with Gasteiger partial charge < -0.3 is 10.2 Å². The Balaban J connectivity index is 1.96. The highest BCUT2D eigenvalue weighted by atomic mass is 16.4. The zero-order valence-corrected chi connectivity index (χ0v) is 10.6. The topological polar surface area (TPSA) is 60.8 Å². The maximum Gasteiger partial charge on any atom is 0.310 e. The Bertz CT molecular complexity index is 299. The number of piperidine rings is 1. The van der Waals surface area contributed by atoms with Crippen molar-refractivity contribution in [3.8, 4) is 0 Å². The van der Waals surface area contributed by atoms with Gasteiger partial charge in [0.25, 0.3) is 0 Å². The van der Waals surface area contributed by atoms with E-state index in [9.17, 15) is 15.0 Å². The third-order valence-electron chi connectivity index (χ3n) is 4.34. The lowest BCUT2D eigenvalue weighted by molar-refractivity contribution is -0.152. The van der Waals surface area contributed by atoms with Gasteiger partial charge in [0.1, 0.15) is 0 Å². The molecule has 0 bridgehead atoms. The van der Waals surface area contributed by atoms with Crippen LogP contribution in [-0.4, -0.2) is 46.3 Å². The first-order valence-electron chi connectivity index (χ1n) is 6.62. The molecule has 1 atom stereocenters. The van der Waals surface area contributed by atoms with Gasteiger partial charge in [-0.05, 0) is 39.2 Å². The van der Waals surface area contributed by atoms with Crippen molar-refractivity contribution in [2.75, 3.05) is 19.6 Å². The van der Waals surface area contributed by atoms with Crippen LogP contribution in [-0.2, 0) is 4.79 Å². The first-order chi connectivity index (χ1) is 7.94. The van der Waals surface area contributed by atoms with Gasteiger partial charge in [-0.15, -0.1) is 0 Å². The summed E-state index contributed by atoms with van der Waals surface area (Å²) in [6.45, 7) is 3.96. The van der Waals surface area contributed by atoms with Crippen molar-refractivity contribution in [2.45, 2.75) is 51.0 Å². The molecule has 0 aromatic rings. The number of β-amino-alcohol motifs (C(OH)–C–C–N with tert-alkyl or cyclic N) is 1. The predicted octanol–water partition coefficient (Wildman–Crippen LogP) is 1.48. The minimum absolute atomic E-state index is 0.559. The number of aliphatic carboxylic acids is 1. The van der Waals surface area contributed by atoms with Gasteiger partial charge in [0.05, 0.1) is 11.0 Å². The number of rotatable bonds is 3. The second-order valence-electron chi connectivity index (χ2n) is 6.11. The Hall–Kier alpha value is -0.610. The van der Waals surface area contributed by atoms with E-state index >= 15 is 0 Å². The fourth-order valence-electron chi connectivity index (χ4n) is 3.26. The molecule has 1 aliphatic heterocycles. The summed E-state index contributed by atoms with van der Waals surface area (Å²) < 4.78 is 0. The Kier molecular flexibility index (Phi) is 3.46. The first-order valence-corrected chi connectivity index (χ1v) is 6.62. The van der Waals surface area contributed by atoms with Gasteiger partial charge in [-0.25, -0.2) is 0 Å². The molecule has 0 amide bonds. The summed E-state index contributed by atoms with van der Waals surface area (Å²) >= 11 is 0. The summed E-state index contributed by atoms with van der Waals surface area (Å²) in [7, 11) is 0. The van der Waals surface area contributed by atoms with Crippen molar-refractivity contribution in [1.29, 1.82) is 0 Å². The van der Waals surface area contributed by atoms with E-state index < -0.39 is 17.0 Å². The van der Waals surface area contributed by atoms with Crippen molar-refractivity contribution < 1.29 is 15.0 Å². The maximum atomic E-state index is 11.2. The highest BCUT2D eigenvalue weighted by molar-refractivity contribution is 5.74. The van der Waals surface area contributed by atoms with E-state index in [0.717, 1.165) is 45.1 Å². The van der Waals surface area contributed by atoms with E-state index in [2.05, 4.69) is 4.90 Å². The van der Waals surface area contributed by atoms with Gasteiger partial charge in [0.2, 0.25) is 0 Å². The third-order valence-corrected chi connectivity index (χ3v) is 4.34. The number of carboxylic acid groups (broad SMARTS) is 1. The molecule has 1 saturated carbocycles. The average Bonchev–Trinajstić information content (AvgIpc) is 2.64. The molecule has 0 radical (unpaired) electrons. The van der Waals surface area contributed by atoms with Crippen molar-refractivity contribution >= 4 is 5.97 Å². The molecule has 2 fully saturated rings. The average molecular weight is 241 g/mol. The van der Waals surface area contributed by atoms with Gasteiger partial charge in [-0.3, -0.25) is 9.69 Å². The van der Waals surface area contributed by atoms with E-state index in [1.165, 1.54) is 0 Å². The molecular formula is C13H23NO3. The number of hydrogen-bond acceptors (Lipinski definition) is 3. The standard InChI is InChI=1S/C13H23NO3/c1-12(11(15)16)5-4-8-14(9-12)10-13(17)6-2-3-7-13/h17H,2-10H2,1H3,(H,15,16). The van der Waals surface area contributed by atoms with Crippen LogP contribution in [0.2, 0.25) is 0 Å². The fraction of sp³-hybridized carbons (Fsp3) is 0.923. The van der Waals surface area contributed by atoms with Crippen LogP contribution >= 0.6 is 0 Å². The van der Waals surface area contributed by atoms with Crippen LogP contribution in [0, 0.1) is 5.41 Å². The lowest BCUT2D eigenvalue weighted by Crippen LogP contribution is -2.51. The van der Waals surface area contributed by atoms with Crippen LogP contribution in [0.5, 0.6) is 0 Å². The van der Waals surface area contributed by atoms with Gasteiger partial charge in [0.15, 0.2) is 0 Å². The molecule has 0 aromatic carbocycles. The molecule has 1 unspecified atom stereocenters. The lowest BCUT2D eigenvalue weighted by atomic mass is 9.81. The van der Waals surface area contributed by atoms with Crippen LogP contribution in [0.4, 0.5) is 0 Å². The molecule has 1 aliphatic carbocycles. The van der Waals surface area contributed by atoms with E-state index in [4.69, 9.17) is 0 Å². The Morgan fingerprint density at radius 3 is 2.47 bits per heavy atom. The number of hydrogen-bond donors (Lipinski definition) is 2. The number of likely N-dealkylation sites (tertiary alicyclic amines) is 1. The van der Waals surface area contributed by atoms with Gasteiger partial charge in [-0.1, -0.05) is 12.8 Å². The highest BCUT2D eigenvalue weighted by Crippen LogP contribution is 2.34. The molecule has 98 valence electrons.